The van der Waals surface area contributed by atoms with Crippen molar-refractivity contribution < 1.29 is 18.7 Å². The molecule has 3 aromatic rings. The smallest absolute Gasteiger partial charge is 0.271 e. The maximum absolute atomic E-state index is 13.6. The van der Waals surface area contributed by atoms with E-state index in [1.165, 1.54) is 17.4 Å². The van der Waals surface area contributed by atoms with Gasteiger partial charge in [0.25, 0.3) is 5.91 Å². The molecule has 1 aliphatic heterocycles. The summed E-state index contributed by atoms with van der Waals surface area (Å²) in [5.41, 5.74) is 1.48. The maximum atomic E-state index is 13.6. The van der Waals surface area contributed by atoms with Crippen LogP contribution in [0, 0.1) is 5.82 Å². The number of carbonyl (C=O) groups excluding carboxylic acids is 1. The molecule has 0 fully saturated rings. The molecule has 0 atom stereocenters. The summed E-state index contributed by atoms with van der Waals surface area (Å²) in [6.07, 6.45) is 0. The van der Waals surface area contributed by atoms with Gasteiger partial charge in [0.2, 0.25) is 6.79 Å². The monoisotopic (exact) mass is 371 g/mol. The van der Waals surface area contributed by atoms with Crippen molar-refractivity contribution >= 4 is 28.1 Å². The lowest BCUT2D eigenvalue weighted by atomic mass is 10.2. The fourth-order valence-corrected chi connectivity index (χ4v) is 3.15. The molecular formula is C18H14FN3O3S. The normalized spacial score (nSPS) is 12.0. The molecule has 0 unspecified atom stereocenters. The molecule has 4 rings (SSSR count). The van der Waals surface area contributed by atoms with Crippen molar-refractivity contribution in [3.05, 3.63) is 64.9 Å². The van der Waals surface area contributed by atoms with Gasteiger partial charge in [-0.3, -0.25) is 4.79 Å². The van der Waals surface area contributed by atoms with Gasteiger partial charge in [0, 0.05) is 29.2 Å². The highest BCUT2D eigenvalue weighted by atomic mass is 32.1. The topological polar surface area (TPSA) is 72.5 Å². The largest absolute Gasteiger partial charge is 0.454 e. The molecule has 0 saturated heterocycles. The molecule has 1 amide bonds. The Kier molecular flexibility index (Phi) is 4.40. The minimum atomic E-state index is -0.358. The van der Waals surface area contributed by atoms with E-state index in [1.54, 1.807) is 29.6 Å². The number of fused-ring (bicyclic) bond motifs is 1. The van der Waals surface area contributed by atoms with E-state index in [-0.39, 0.29) is 30.8 Å². The molecule has 1 aliphatic rings. The molecule has 0 spiro atoms. The van der Waals surface area contributed by atoms with Crippen molar-refractivity contribution in [3.63, 3.8) is 0 Å². The SMILES string of the molecule is O=C(NCc1ccccc1F)c1csc(Nc2ccc3c(c2)OCO3)n1. The zero-order chi connectivity index (χ0) is 17.9. The zero-order valence-corrected chi connectivity index (χ0v) is 14.3. The molecule has 6 nitrogen and oxygen atoms in total. The van der Waals surface area contributed by atoms with Crippen LogP contribution in [0.1, 0.15) is 16.1 Å². The highest BCUT2D eigenvalue weighted by Crippen LogP contribution is 2.35. The third-order valence-electron chi connectivity index (χ3n) is 3.76. The van der Waals surface area contributed by atoms with Gasteiger partial charge in [-0.25, -0.2) is 9.37 Å². The molecule has 0 bridgehead atoms. The Morgan fingerprint density at radius 1 is 1.19 bits per heavy atom. The Morgan fingerprint density at radius 3 is 2.92 bits per heavy atom. The van der Waals surface area contributed by atoms with E-state index >= 15 is 0 Å². The van der Waals surface area contributed by atoms with Gasteiger partial charge in [0.15, 0.2) is 16.6 Å². The number of ether oxygens (including phenoxy) is 2. The minimum absolute atomic E-state index is 0.105. The Bertz CT molecular complexity index is 960. The third-order valence-corrected chi connectivity index (χ3v) is 4.52. The van der Waals surface area contributed by atoms with Crippen molar-refractivity contribution in [3.8, 4) is 11.5 Å². The number of carbonyl (C=O) groups is 1. The summed E-state index contributed by atoms with van der Waals surface area (Å²) in [7, 11) is 0. The minimum Gasteiger partial charge on any atom is -0.454 e. The van der Waals surface area contributed by atoms with E-state index in [4.69, 9.17) is 9.47 Å². The maximum Gasteiger partial charge on any atom is 0.271 e. The number of amides is 1. The van der Waals surface area contributed by atoms with E-state index in [2.05, 4.69) is 15.6 Å². The summed E-state index contributed by atoms with van der Waals surface area (Å²) in [4.78, 5) is 16.5. The number of aromatic nitrogens is 1. The van der Waals surface area contributed by atoms with Gasteiger partial charge in [-0.15, -0.1) is 11.3 Å². The second-order valence-electron chi connectivity index (χ2n) is 5.51. The first-order valence-electron chi connectivity index (χ1n) is 7.83. The fraction of sp³-hybridized carbons (Fsp3) is 0.111. The predicted octanol–water partition coefficient (Wildman–Crippen LogP) is 3.68. The van der Waals surface area contributed by atoms with Crippen LogP contribution >= 0.6 is 11.3 Å². The molecular weight excluding hydrogens is 357 g/mol. The molecule has 2 aromatic carbocycles. The molecule has 2 N–H and O–H groups in total. The second kappa shape index (κ2) is 7.01. The van der Waals surface area contributed by atoms with E-state index in [0.717, 1.165) is 5.69 Å². The predicted molar refractivity (Wildman–Crippen MR) is 95.5 cm³/mol. The summed E-state index contributed by atoms with van der Waals surface area (Å²) in [6.45, 7) is 0.316. The fourth-order valence-electron chi connectivity index (χ4n) is 2.44. The van der Waals surface area contributed by atoms with Gasteiger partial charge in [-0.1, -0.05) is 18.2 Å². The second-order valence-corrected chi connectivity index (χ2v) is 6.36. The Balaban J connectivity index is 1.39. The van der Waals surface area contributed by atoms with Crippen LogP contribution in [0.25, 0.3) is 0 Å². The summed E-state index contributed by atoms with van der Waals surface area (Å²) in [5.74, 6) is 0.650. The lowest BCUT2D eigenvalue weighted by Gasteiger charge is -2.05. The van der Waals surface area contributed by atoms with Crippen molar-refractivity contribution in [2.24, 2.45) is 0 Å². The van der Waals surface area contributed by atoms with Crippen LogP contribution in [-0.4, -0.2) is 17.7 Å². The Labute approximate surface area is 152 Å². The molecule has 0 aliphatic carbocycles. The Morgan fingerprint density at radius 2 is 2.04 bits per heavy atom. The first-order chi connectivity index (χ1) is 12.7. The molecule has 8 heteroatoms. The number of rotatable bonds is 5. The number of halogens is 1. The van der Waals surface area contributed by atoms with E-state index < -0.39 is 0 Å². The average molecular weight is 371 g/mol. The number of benzene rings is 2. The van der Waals surface area contributed by atoms with Crippen molar-refractivity contribution in [1.82, 2.24) is 10.3 Å². The Hall–Kier alpha value is -3.13. The summed E-state index contributed by atoms with van der Waals surface area (Å²) >= 11 is 1.30. The summed E-state index contributed by atoms with van der Waals surface area (Å²) < 4.78 is 24.2. The van der Waals surface area contributed by atoms with E-state index in [9.17, 15) is 9.18 Å². The molecule has 0 radical (unpaired) electrons. The van der Waals surface area contributed by atoms with Crippen LogP contribution in [0.4, 0.5) is 15.2 Å². The third kappa shape index (κ3) is 3.45. The number of anilines is 2. The van der Waals surface area contributed by atoms with E-state index in [0.29, 0.717) is 22.2 Å². The lowest BCUT2D eigenvalue weighted by molar-refractivity contribution is 0.0946. The van der Waals surface area contributed by atoms with Gasteiger partial charge < -0.3 is 20.1 Å². The van der Waals surface area contributed by atoms with E-state index in [1.807, 2.05) is 12.1 Å². The highest BCUT2D eigenvalue weighted by molar-refractivity contribution is 7.14. The van der Waals surface area contributed by atoms with Crippen molar-refractivity contribution in [2.45, 2.75) is 6.54 Å². The first-order valence-corrected chi connectivity index (χ1v) is 8.71. The highest BCUT2D eigenvalue weighted by Gasteiger charge is 2.15. The van der Waals surface area contributed by atoms with Crippen LogP contribution in [-0.2, 0) is 6.54 Å². The van der Waals surface area contributed by atoms with Gasteiger partial charge in [-0.05, 0) is 18.2 Å². The molecule has 0 saturated carbocycles. The van der Waals surface area contributed by atoms with Gasteiger partial charge >= 0.3 is 0 Å². The number of hydrogen-bond donors (Lipinski definition) is 2. The first kappa shape index (κ1) is 16.3. The van der Waals surface area contributed by atoms with Gasteiger partial charge in [-0.2, -0.15) is 0 Å². The standard InChI is InChI=1S/C18H14FN3O3S/c19-13-4-2-1-3-11(13)8-20-17(23)14-9-26-18(22-14)21-12-5-6-15-16(7-12)25-10-24-15/h1-7,9H,8,10H2,(H,20,23)(H,21,22). The van der Waals surface area contributed by atoms with Crippen LogP contribution in [0.2, 0.25) is 0 Å². The number of thiazole rings is 1. The van der Waals surface area contributed by atoms with Crippen LogP contribution in [0.3, 0.4) is 0 Å². The quantitative estimate of drug-likeness (QED) is 0.716. The summed E-state index contributed by atoms with van der Waals surface area (Å²) in [5, 5.41) is 8.01. The van der Waals surface area contributed by atoms with Crippen LogP contribution < -0.4 is 20.1 Å². The number of nitrogens with zero attached hydrogens (tertiary/aromatic N) is 1. The average Bonchev–Trinajstić information content (AvgIpc) is 3.30. The molecule has 26 heavy (non-hydrogen) atoms. The van der Waals surface area contributed by atoms with Crippen molar-refractivity contribution in [1.29, 1.82) is 0 Å². The lowest BCUT2D eigenvalue weighted by Crippen LogP contribution is -2.23. The van der Waals surface area contributed by atoms with Crippen LogP contribution in [0.15, 0.2) is 47.8 Å². The summed E-state index contributed by atoms with van der Waals surface area (Å²) in [6, 6.07) is 11.8. The zero-order valence-electron chi connectivity index (χ0n) is 13.5. The van der Waals surface area contributed by atoms with Crippen molar-refractivity contribution in [2.75, 3.05) is 12.1 Å². The number of hydrogen-bond acceptors (Lipinski definition) is 6. The van der Waals surface area contributed by atoms with Gasteiger partial charge in [0.1, 0.15) is 11.5 Å². The molecule has 2 heterocycles. The van der Waals surface area contributed by atoms with Gasteiger partial charge in [0.05, 0.1) is 0 Å². The number of nitrogens with one attached hydrogen (secondary N) is 2. The van der Waals surface area contributed by atoms with Crippen LogP contribution in [0.5, 0.6) is 11.5 Å². The molecule has 1 aromatic heterocycles. The molecule has 132 valence electrons.